The van der Waals surface area contributed by atoms with Crippen molar-refractivity contribution in [2.24, 2.45) is 11.3 Å². The van der Waals surface area contributed by atoms with E-state index in [1.165, 1.54) is 0 Å². The van der Waals surface area contributed by atoms with Crippen LogP contribution in [0.2, 0.25) is 0 Å². The van der Waals surface area contributed by atoms with Gasteiger partial charge in [0, 0.05) is 37.4 Å². The molecule has 2 heterocycles. The highest BCUT2D eigenvalue weighted by atomic mass is 16.5. The van der Waals surface area contributed by atoms with Crippen molar-refractivity contribution in [2.45, 2.75) is 25.8 Å². The van der Waals surface area contributed by atoms with Crippen molar-refractivity contribution >= 4 is 11.8 Å². The molecule has 7 heteroatoms. The predicted molar refractivity (Wildman–Crippen MR) is 111 cm³/mol. The lowest BCUT2D eigenvalue weighted by Crippen LogP contribution is -2.45. The van der Waals surface area contributed by atoms with Gasteiger partial charge in [-0.15, -0.1) is 0 Å². The topological polar surface area (TPSA) is 80.8 Å². The number of likely N-dealkylation sites (tertiary alicyclic amines) is 1. The highest BCUT2D eigenvalue weighted by molar-refractivity contribution is 5.84. The van der Waals surface area contributed by atoms with Crippen LogP contribution >= 0.6 is 0 Å². The molecule has 1 saturated carbocycles. The summed E-state index contributed by atoms with van der Waals surface area (Å²) in [6.45, 7) is 1.49. The number of pyridine rings is 1. The molecule has 0 bridgehead atoms. The third kappa shape index (κ3) is 4.25. The number of nitrogens with zero attached hydrogens (tertiary/aromatic N) is 2. The number of hydrogen-bond acceptors (Lipinski definition) is 5. The van der Waals surface area contributed by atoms with Gasteiger partial charge in [-0.3, -0.25) is 14.6 Å². The van der Waals surface area contributed by atoms with Gasteiger partial charge in [0.1, 0.15) is 11.5 Å². The van der Waals surface area contributed by atoms with Gasteiger partial charge in [-0.1, -0.05) is 12.5 Å². The van der Waals surface area contributed by atoms with E-state index in [-0.39, 0.29) is 29.8 Å². The molecule has 2 fully saturated rings. The molecule has 0 radical (unpaired) electrons. The minimum absolute atomic E-state index is 0.0184. The van der Waals surface area contributed by atoms with Crippen LogP contribution in [0.15, 0.2) is 48.8 Å². The second-order valence-corrected chi connectivity index (χ2v) is 8.09. The highest BCUT2D eigenvalue weighted by Gasteiger charge is 2.54. The Labute approximate surface area is 176 Å². The van der Waals surface area contributed by atoms with Crippen molar-refractivity contribution in [1.82, 2.24) is 15.2 Å². The number of benzene rings is 1. The summed E-state index contributed by atoms with van der Waals surface area (Å²) in [6.07, 6.45) is 6.54. The van der Waals surface area contributed by atoms with Crippen LogP contribution in [0.4, 0.5) is 0 Å². The first kappa shape index (κ1) is 20.2. The molecule has 7 nitrogen and oxygen atoms in total. The number of amides is 2. The number of ether oxygens (including phenoxy) is 2. The van der Waals surface area contributed by atoms with Gasteiger partial charge in [-0.05, 0) is 48.7 Å². The summed E-state index contributed by atoms with van der Waals surface area (Å²) in [7, 11) is 1.60. The average molecular weight is 409 g/mol. The maximum atomic E-state index is 12.9. The van der Waals surface area contributed by atoms with Gasteiger partial charge < -0.3 is 19.7 Å². The van der Waals surface area contributed by atoms with Crippen LogP contribution in [0.3, 0.4) is 0 Å². The molecule has 1 spiro atoms. The number of aromatic nitrogens is 1. The zero-order chi connectivity index (χ0) is 21.0. The first-order chi connectivity index (χ1) is 14.6. The zero-order valence-corrected chi connectivity index (χ0v) is 17.2. The molecule has 1 aromatic carbocycles. The van der Waals surface area contributed by atoms with Crippen LogP contribution in [0.5, 0.6) is 11.5 Å². The van der Waals surface area contributed by atoms with E-state index in [2.05, 4.69) is 10.3 Å². The lowest BCUT2D eigenvalue weighted by atomic mass is 9.62. The minimum atomic E-state index is -0.173. The molecular formula is C23H27N3O4. The van der Waals surface area contributed by atoms with E-state index < -0.39 is 0 Å². The number of carbonyl (C=O) groups is 2. The summed E-state index contributed by atoms with van der Waals surface area (Å²) in [5.74, 6) is 1.12. The average Bonchev–Trinajstić information content (AvgIpc) is 3.19. The minimum Gasteiger partial charge on any atom is -0.497 e. The number of rotatable bonds is 7. The van der Waals surface area contributed by atoms with E-state index in [0.29, 0.717) is 25.4 Å². The molecule has 1 saturated heterocycles. The Morgan fingerprint density at radius 1 is 1.20 bits per heavy atom. The Kier molecular flexibility index (Phi) is 5.88. The molecular weight excluding hydrogens is 382 g/mol. The van der Waals surface area contributed by atoms with Gasteiger partial charge in [0.15, 0.2) is 6.61 Å². The van der Waals surface area contributed by atoms with Gasteiger partial charge in [-0.2, -0.15) is 0 Å². The Morgan fingerprint density at radius 3 is 2.60 bits per heavy atom. The van der Waals surface area contributed by atoms with Crippen LogP contribution in [0.1, 0.15) is 24.8 Å². The monoisotopic (exact) mass is 409 g/mol. The van der Waals surface area contributed by atoms with E-state index in [1.807, 2.05) is 12.1 Å². The van der Waals surface area contributed by atoms with E-state index in [1.54, 1.807) is 48.7 Å². The van der Waals surface area contributed by atoms with Crippen molar-refractivity contribution in [1.29, 1.82) is 0 Å². The second kappa shape index (κ2) is 8.73. The Morgan fingerprint density at radius 2 is 1.97 bits per heavy atom. The van der Waals surface area contributed by atoms with Gasteiger partial charge in [0.2, 0.25) is 5.91 Å². The van der Waals surface area contributed by atoms with Crippen molar-refractivity contribution < 1.29 is 19.1 Å². The van der Waals surface area contributed by atoms with Crippen LogP contribution in [-0.2, 0) is 16.1 Å². The van der Waals surface area contributed by atoms with Gasteiger partial charge >= 0.3 is 0 Å². The van der Waals surface area contributed by atoms with Crippen molar-refractivity contribution in [3.63, 3.8) is 0 Å². The summed E-state index contributed by atoms with van der Waals surface area (Å²) in [4.78, 5) is 31.5. The first-order valence-corrected chi connectivity index (χ1v) is 10.3. The summed E-state index contributed by atoms with van der Waals surface area (Å²) in [5.41, 5.74) is 0.877. The summed E-state index contributed by atoms with van der Waals surface area (Å²) in [6, 6.07) is 10.9. The zero-order valence-electron chi connectivity index (χ0n) is 17.2. The fraction of sp³-hybridized carbons (Fsp3) is 0.435. The largest absolute Gasteiger partial charge is 0.497 e. The fourth-order valence-corrected chi connectivity index (χ4v) is 4.38. The van der Waals surface area contributed by atoms with Crippen LogP contribution in [0, 0.1) is 11.3 Å². The standard InChI is InChI=1S/C23H27N3O4/c1-29-18-5-7-19(8-6-18)30-15-21(27)26-14-20(23(16-26)9-3-10-23)22(28)25-13-17-4-2-11-24-12-17/h2,4-8,11-12,20H,3,9-10,13-16H2,1H3,(H,25,28). The maximum Gasteiger partial charge on any atom is 0.260 e. The number of methoxy groups -OCH3 is 1. The smallest absolute Gasteiger partial charge is 0.260 e. The molecule has 1 unspecified atom stereocenters. The third-order valence-corrected chi connectivity index (χ3v) is 6.28. The molecule has 2 aliphatic rings. The van der Waals surface area contributed by atoms with Crippen molar-refractivity contribution in [2.75, 3.05) is 26.8 Å². The lowest BCUT2D eigenvalue weighted by Gasteiger charge is -2.41. The van der Waals surface area contributed by atoms with Crippen LogP contribution < -0.4 is 14.8 Å². The van der Waals surface area contributed by atoms with E-state index >= 15 is 0 Å². The first-order valence-electron chi connectivity index (χ1n) is 10.3. The molecule has 1 atom stereocenters. The molecule has 1 aliphatic carbocycles. The van der Waals surface area contributed by atoms with E-state index in [9.17, 15) is 9.59 Å². The van der Waals surface area contributed by atoms with Gasteiger partial charge in [-0.25, -0.2) is 0 Å². The maximum absolute atomic E-state index is 12.9. The molecule has 1 aliphatic heterocycles. The Hall–Kier alpha value is -3.09. The fourth-order valence-electron chi connectivity index (χ4n) is 4.38. The predicted octanol–water partition coefficient (Wildman–Crippen LogP) is 2.41. The van der Waals surface area contributed by atoms with Crippen LogP contribution in [0.25, 0.3) is 0 Å². The van der Waals surface area contributed by atoms with E-state index in [4.69, 9.17) is 9.47 Å². The Balaban J connectivity index is 1.33. The molecule has 158 valence electrons. The van der Waals surface area contributed by atoms with Crippen LogP contribution in [-0.4, -0.2) is 48.5 Å². The summed E-state index contributed by atoms with van der Waals surface area (Å²) >= 11 is 0. The molecule has 2 amide bonds. The van der Waals surface area contributed by atoms with Gasteiger partial charge in [0.25, 0.3) is 5.91 Å². The number of carbonyl (C=O) groups excluding carboxylic acids is 2. The van der Waals surface area contributed by atoms with Gasteiger partial charge in [0.05, 0.1) is 13.0 Å². The summed E-state index contributed by atoms with van der Waals surface area (Å²) in [5, 5.41) is 3.03. The summed E-state index contributed by atoms with van der Waals surface area (Å²) < 4.78 is 10.8. The number of nitrogens with one attached hydrogen (secondary N) is 1. The third-order valence-electron chi connectivity index (χ3n) is 6.28. The normalized spacial score (nSPS) is 19.2. The SMILES string of the molecule is COc1ccc(OCC(=O)N2CC(C(=O)NCc3cccnc3)C3(CCC3)C2)cc1. The molecule has 30 heavy (non-hydrogen) atoms. The quantitative estimate of drug-likeness (QED) is 0.760. The highest BCUT2D eigenvalue weighted by Crippen LogP contribution is 2.51. The Bertz CT molecular complexity index is 881. The molecule has 1 N–H and O–H groups in total. The lowest BCUT2D eigenvalue weighted by molar-refractivity contribution is -0.133. The molecule has 4 rings (SSSR count). The number of hydrogen-bond donors (Lipinski definition) is 1. The second-order valence-electron chi connectivity index (χ2n) is 8.09. The van der Waals surface area contributed by atoms with E-state index in [0.717, 1.165) is 30.6 Å². The van der Waals surface area contributed by atoms with Crippen molar-refractivity contribution in [3.05, 3.63) is 54.4 Å². The molecule has 1 aromatic heterocycles. The van der Waals surface area contributed by atoms with Crippen molar-refractivity contribution in [3.8, 4) is 11.5 Å². The molecule has 2 aromatic rings.